The molecule has 0 aromatic heterocycles. The number of alkyl halides is 1. The Morgan fingerprint density at radius 2 is 2.08 bits per heavy atom. The van der Waals surface area contributed by atoms with Crippen molar-refractivity contribution in [2.75, 3.05) is 6.54 Å². The molecular formula is C7H12ClNO3. The second-order valence-electron chi connectivity index (χ2n) is 2.29. The summed E-state index contributed by atoms with van der Waals surface area (Å²) < 4.78 is 4.61. The number of halogens is 1. The van der Waals surface area contributed by atoms with Crippen molar-refractivity contribution in [3.8, 4) is 0 Å². The summed E-state index contributed by atoms with van der Waals surface area (Å²) in [6.07, 6.45) is 0.417. The van der Waals surface area contributed by atoms with Crippen LogP contribution in [0, 0.1) is 0 Å². The quantitative estimate of drug-likeness (QED) is 0.527. The van der Waals surface area contributed by atoms with E-state index in [1.165, 1.54) is 13.8 Å². The summed E-state index contributed by atoms with van der Waals surface area (Å²) in [6.45, 7) is 3.11. The van der Waals surface area contributed by atoms with Gasteiger partial charge >= 0.3 is 5.97 Å². The van der Waals surface area contributed by atoms with E-state index in [-0.39, 0.29) is 5.91 Å². The minimum absolute atomic E-state index is 0.123. The summed E-state index contributed by atoms with van der Waals surface area (Å²) in [5, 5.41) is 2.53. The molecule has 0 fully saturated rings. The van der Waals surface area contributed by atoms with Crippen molar-refractivity contribution in [2.45, 2.75) is 25.8 Å². The van der Waals surface area contributed by atoms with Gasteiger partial charge in [0.1, 0.15) is 0 Å². The summed E-state index contributed by atoms with van der Waals surface area (Å²) in [7, 11) is 0. The fraction of sp³-hybridized carbons (Fsp3) is 0.714. The van der Waals surface area contributed by atoms with Crippen LogP contribution in [-0.2, 0) is 14.3 Å². The highest BCUT2D eigenvalue weighted by Gasteiger charge is 2.06. The van der Waals surface area contributed by atoms with E-state index in [0.29, 0.717) is 13.0 Å². The van der Waals surface area contributed by atoms with Crippen LogP contribution in [0.3, 0.4) is 0 Å². The Balaban J connectivity index is 3.37. The third-order valence-corrected chi connectivity index (χ3v) is 1.35. The largest absolute Gasteiger partial charge is 0.446 e. The summed E-state index contributed by atoms with van der Waals surface area (Å²) in [5.74, 6) is -0.542. The molecule has 0 bridgehead atoms. The van der Waals surface area contributed by atoms with Crippen molar-refractivity contribution in [3.63, 3.8) is 0 Å². The van der Waals surface area contributed by atoms with Gasteiger partial charge in [0.15, 0.2) is 5.56 Å². The number of rotatable bonds is 4. The number of carbonyl (C=O) groups is 2. The molecule has 0 unspecified atom stereocenters. The molecule has 0 saturated heterocycles. The van der Waals surface area contributed by atoms with Crippen LogP contribution in [0.15, 0.2) is 0 Å². The van der Waals surface area contributed by atoms with Crippen molar-refractivity contribution in [3.05, 3.63) is 0 Å². The Hall–Kier alpha value is -0.770. The minimum atomic E-state index is -0.658. The summed E-state index contributed by atoms with van der Waals surface area (Å²) >= 11 is 5.56. The predicted molar refractivity (Wildman–Crippen MR) is 44.7 cm³/mol. The van der Waals surface area contributed by atoms with Gasteiger partial charge in [0.25, 0.3) is 0 Å². The van der Waals surface area contributed by atoms with Crippen molar-refractivity contribution >= 4 is 23.5 Å². The molecular weight excluding hydrogens is 182 g/mol. The summed E-state index contributed by atoms with van der Waals surface area (Å²) in [6, 6.07) is 0. The second kappa shape index (κ2) is 5.83. The van der Waals surface area contributed by atoms with Crippen LogP contribution in [0.25, 0.3) is 0 Å². The number of hydrogen-bond donors (Lipinski definition) is 1. The summed E-state index contributed by atoms with van der Waals surface area (Å²) in [4.78, 5) is 20.7. The third kappa shape index (κ3) is 7.34. The maximum Gasteiger partial charge on any atom is 0.304 e. The number of ether oxygens (including phenoxy) is 1. The maximum atomic E-state index is 10.4. The van der Waals surface area contributed by atoms with Gasteiger partial charge in [-0.05, 0) is 0 Å². The molecule has 0 aliphatic carbocycles. The van der Waals surface area contributed by atoms with Gasteiger partial charge < -0.3 is 10.1 Å². The molecule has 1 N–H and O–H groups in total. The molecule has 0 spiro atoms. The first-order valence-corrected chi connectivity index (χ1v) is 4.01. The van der Waals surface area contributed by atoms with Crippen LogP contribution in [-0.4, -0.2) is 24.0 Å². The van der Waals surface area contributed by atoms with Crippen molar-refractivity contribution in [2.24, 2.45) is 0 Å². The van der Waals surface area contributed by atoms with Crippen molar-refractivity contribution in [1.82, 2.24) is 5.32 Å². The molecule has 5 heteroatoms. The Kier molecular flexibility index (Phi) is 5.45. The molecule has 12 heavy (non-hydrogen) atoms. The average Bonchev–Trinajstić information content (AvgIpc) is 1.84. The smallest absolute Gasteiger partial charge is 0.304 e. The Labute approximate surface area is 76.2 Å². The predicted octanol–water partition coefficient (Wildman–Crippen LogP) is 0.641. The van der Waals surface area contributed by atoms with Gasteiger partial charge in [-0.15, -0.1) is 0 Å². The molecule has 0 aliphatic heterocycles. The highest BCUT2D eigenvalue weighted by Crippen LogP contribution is 2.02. The molecule has 0 aliphatic rings. The zero-order valence-electron chi connectivity index (χ0n) is 7.09. The van der Waals surface area contributed by atoms with Gasteiger partial charge in [-0.1, -0.05) is 11.6 Å². The Bertz CT molecular complexity index is 172. The van der Waals surface area contributed by atoms with Gasteiger partial charge in [0, 0.05) is 26.8 Å². The van der Waals surface area contributed by atoms with Gasteiger partial charge in [0.05, 0.1) is 0 Å². The van der Waals surface area contributed by atoms with E-state index in [1.54, 1.807) is 0 Å². The van der Waals surface area contributed by atoms with Gasteiger partial charge in [-0.3, -0.25) is 9.59 Å². The van der Waals surface area contributed by atoms with Crippen molar-refractivity contribution < 1.29 is 14.3 Å². The zero-order chi connectivity index (χ0) is 9.56. The molecule has 4 nitrogen and oxygen atoms in total. The number of hydrogen-bond acceptors (Lipinski definition) is 3. The summed E-state index contributed by atoms with van der Waals surface area (Å²) in [5.41, 5.74) is -0.658. The van der Waals surface area contributed by atoms with Gasteiger partial charge in [-0.2, -0.15) is 0 Å². The molecule has 0 aromatic rings. The lowest BCUT2D eigenvalue weighted by molar-refractivity contribution is -0.142. The highest BCUT2D eigenvalue weighted by molar-refractivity contribution is 6.20. The molecule has 0 aromatic carbocycles. The third-order valence-electron chi connectivity index (χ3n) is 1.04. The topological polar surface area (TPSA) is 55.4 Å². The molecule has 0 rings (SSSR count). The molecule has 0 heterocycles. The second-order valence-corrected chi connectivity index (χ2v) is 2.78. The van der Waals surface area contributed by atoms with E-state index in [9.17, 15) is 9.59 Å². The monoisotopic (exact) mass is 193 g/mol. The first-order chi connectivity index (χ1) is 5.52. The van der Waals surface area contributed by atoms with Crippen LogP contribution in [0.2, 0.25) is 0 Å². The molecule has 1 atom stereocenters. The van der Waals surface area contributed by atoms with Gasteiger partial charge in [-0.25, -0.2) is 0 Å². The van der Waals surface area contributed by atoms with E-state index in [4.69, 9.17) is 11.6 Å². The van der Waals surface area contributed by atoms with E-state index >= 15 is 0 Å². The maximum absolute atomic E-state index is 10.4. The first kappa shape index (κ1) is 11.2. The van der Waals surface area contributed by atoms with Crippen LogP contribution in [0.4, 0.5) is 0 Å². The van der Waals surface area contributed by atoms with Crippen LogP contribution >= 0.6 is 11.6 Å². The van der Waals surface area contributed by atoms with Crippen molar-refractivity contribution in [1.29, 1.82) is 0 Å². The first-order valence-electron chi connectivity index (χ1n) is 3.58. The molecule has 0 saturated carbocycles. The number of amides is 1. The Morgan fingerprint density at radius 3 is 2.50 bits per heavy atom. The van der Waals surface area contributed by atoms with E-state index in [0.717, 1.165) is 0 Å². The van der Waals surface area contributed by atoms with E-state index < -0.39 is 11.5 Å². The lowest BCUT2D eigenvalue weighted by Crippen LogP contribution is -2.24. The lowest BCUT2D eigenvalue weighted by atomic mass is 10.4. The Morgan fingerprint density at radius 1 is 1.50 bits per heavy atom. The van der Waals surface area contributed by atoms with Crippen LogP contribution < -0.4 is 5.32 Å². The number of carbonyl (C=O) groups excluding carboxylic acids is 2. The lowest BCUT2D eigenvalue weighted by Gasteiger charge is -2.08. The fourth-order valence-electron chi connectivity index (χ4n) is 0.601. The average molecular weight is 194 g/mol. The number of esters is 1. The van der Waals surface area contributed by atoms with Crippen LogP contribution in [0.5, 0.6) is 0 Å². The standard InChI is InChI=1S/C7H12ClNO3/c1-5(10)9-4-3-7(8)12-6(2)11/h7H,3-4H2,1-2H3,(H,9,10)/t7-/m1/s1. The minimum Gasteiger partial charge on any atom is -0.446 e. The highest BCUT2D eigenvalue weighted by atomic mass is 35.5. The fourth-order valence-corrected chi connectivity index (χ4v) is 0.835. The van der Waals surface area contributed by atoms with E-state index in [1.807, 2.05) is 0 Å². The molecule has 1 amide bonds. The van der Waals surface area contributed by atoms with Crippen LogP contribution in [0.1, 0.15) is 20.3 Å². The molecule has 0 radical (unpaired) electrons. The zero-order valence-corrected chi connectivity index (χ0v) is 7.85. The van der Waals surface area contributed by atoms with E-state index in [2.05, 4.69) is 10.1 Å². The van der Waals surface area contributed by atoms with Gasteiger partial charge in [0.2, 0.25) is 5.91 Å². The number of nitrogens with one attached hydrogen (secondary N) is 1. The molecule has 70 valence electrons. The normalized spacial score (nSPS) is 11.9. The SMILES string of the molecule is CC(=O)NCC[C@H](Cl)OC(C)=O.